The fourth-order valence-electron chi connectivity index (χ4n) is 3.57. The Morgan fingerprint density at radius 1 is 1.29 bits per heavy atom. The van der Waals surface area contributed by atoms with Crippen LogP contribution in [0.5, 0.6) is 0 Å². The third-order valence-corrected chi connectivity index (χ3v) is 6.56. The monoisotopic (exact) mass is 308 g/mol. The Hall–Kier alpha value is -0.380. The average Bonchev–Trinajstić information content (AvgIpc) is 2.92. The minimum absolute atomic E-state index is 0.298. The molecule has 0 spiro atoms. The molecule has 1 aliphatic rings. The molecular formula is C18H32N2S. The molecule has 0 aliphatic carbocycles. The minimum atomic E-state index is 0.298. The Bertz CT molecular complexity index is 448. The molecule has 0 saturated carbocycles. The van der Waals surface area contributed by atoms with Crippen LogP contribution in [-0.4, -0.2) is 29.6 Å². The molecule has 2 heterocycles. The van der Waals surface area contributed by atoms with Crippen molar-refractivity contribution < 1.29 is 0 Å². The predicted octanol–water partition coefficient (Wildman–Crippen LogP) is 4.61. The van der Waals surface area contributed by atoms with Crippen molar-refractivity contribution in [2.45, 2.75) is 72.0 Å². The van der Waals surface area contributed by atoms with E-state index in [1.165, 1.54) is 29.1 Å². The highest BCUT2D eigenvalue weighted by molar-refractivity contribution is 7.12. The SMILES string of the molecule is CCC1(CC)CN(C(C)c2ccc(C)s2)C(C(C)C)CN1. The Labute approximate surface area is 134 Å². The third-order valence-electron chi connectivity index (χ3n) is 5.39. The quantitative estimate of drug-likeness (QED) is 0.855. The second-order valence-electron chi connectivity index (χ2n) is 6.98. The molecule has 1 N–H and O–H groups in total. The van der Waals surface area contributed by atoms with Crippen molar-refractivity contribution in [2.75, 3.05) is 13.1 Å². The summed E-state index contributed by atoms with van der Waals surface area (Å²) in [5, 5.41) is 3.87. The van der Waals surface area contributed by atoms with E-state index in [4.69, 9.17) is 0 Å². The lowest BCUT2D eigenvalue weighted by Crippen LogP contribution is -2.65. The van der Waals surface area contributed by atoms with E-state index in [0.29, 0.717) is 23.5 Å². The summed E-state index contributed by atoms with van der Waals surface area (Å²) in [6, 6.07) is 5.74. The van der Waals surface area contributed by atoms with E-state index in [-0.39, 0.29) is 0 Å². The van der Waals surface area contributed by atoms with Gasteiger partial charge in [-0.05, 0) is 44.7 Å². The third kappa shape index (κ3) is 3.52. The van der Waals surface area contributed by atoms with Crippen LogP contribution in [-0.2, 0) is 0 Å². The maximum atomic E-state index is 3.87. The van der Waals surface area contributed by atoms with Gasteiger partial charge in [-0.1, -0.05) is 27.7 Å². The summed E-state index contributed by atoms with van der Waals surface area (Å²) in [5.41, 5.74) is 0.298. The number of nitrogens with zero attached hydrogens (tertiary/aromatic N) is 1. The molecule has 2 atom stereocenters. The van der Waals surface area contributed by atoms with Crippen LogP contribution in [0.4, 0.5) is 0 Å². The molecule has 1 saturated heterocycles. The number of rotatable bonds is 5. The van der Waals surface area contributed by atoms with Gasteiger partial charge in [-0.25, -0.2) is 0 Å². The van der Waals surface area contributed by atoms with E-state index in [9.17, 15) is 0 Å². The van der Waals surface area contributed by atoms with Crippen LogP contribution in [0.2, 0.25) is 0 Å². The summed E-state index contributed by atoms with van der Waals surface area (Å²) < 4.78 is 0. The fourth-order valence-corrected chi connectivity index (χ4v) is 4.52. The first kappa shape index (κ1) is 17.0. The molecule has 0 amide bonds. The van der Waals surface area contributed by atoms with Crippen LogP contribution in [0.15, 0.2) is 12.1 Å². The Balaban J connectivity index is 2.25. The summed E-state index contributed by atoms with van der Waals surface area (Å²) in [6.07, 6.45) is 2.42. The van der Waals surface area contributed by atoms with Crippen molar-refractivity contribution in [3.8, 4) is 0 Å². The fraction of sp³-hybridized carbons (Fsp3) is 0.778. The van der Waals surface area contributed by atoms with Crippen LogP contribution >= 0.6 is 11.3 Å². The van der Waals surface area contributed by atoms with E-state index in [2.05, 4.69) is 63.9 Å². The zero-order chi connectivity index (χ0) is 15.6. The molecule has 3 heteroatoms. The Kier molecular flexibility index (Phi) is 5.50. The number of piperazine rings is 1. The molecule has 2 rings (SSSR count). The van der Waals surface area contributed by atoms with Crippen molar-refractivity contribution in [1.82, 2.24) is 10.2 Å². The molecule has 1 aromatic heterocycles. The standard InChI is InChI=1S/C18H32N2S/c1-7-18(8-2)12-20(16(11-19-18)13(3)4)15(6)17-10-9-14(5)21-17/h9-10,13,15-16,19H,7-8,11-12H2,1-6H3. The van der Waals surface area contributed by atoms with Crippen LogP contribution in [0.25, 0.3) is 0 Å². The van der Waals surface area contributed by atoms with Crippen molar-refractivity contribution >= 4 is 11.3 Å². The van der Waals surface area contributed by atoms with E-state index in [1.807, 2.05) is 11.3 Å². The van der Waals surface area contributed by atoms with E-state index >= 15 is 0 Å². The number of aryl methyl sites for hydroxylation is 1. The van der Waals surface area contributed by atoms with Crippen LogP contribution in [0, 0.1) is 12.8 Å². The first-order valence-electron chi connectivity index (χ1n) is 8.49. The lowest BCUT2D eigenvalue weighted by atomic mass is 9.85. The normalized spacial score (nSPS) is 24.4. The van der Waals surface area contributed by atoms with E-state index < -0.39 is 0 Å². The predicted molar refractivity (Wildman–Crippen MR) is 94.1 cm³/mol. The molecule has 1 fully saturated rings. The van der Waals surface area contributed by atoms with Gasteiger partial charge in [-0.3, -0.25) is 4.90 Å². The molecule has 2 unspecified atom stereocenters. The van der Waals surface area contributed by atoms with Gasteiger partial charge in [0.1, 0.15) is 0 Å². The zero-order valence-corrected chi connectivity index (χ0v) is 15.4. The van der Waals surface area contributed by atoms with Gasteiger partial charge in [-0.15, -0.1) is 11.3 Å². The van der Waals surface area contributed by atoms with E-state index in [1.54, 1.807) is 0 Å². The van der Waals surface area contributed by atoms with Crippen molar-refractivity contribution in [3.63, 3.8) is 0 Å². The molecule has 0 aromatic carbocycles. The minimum Gasteiger partial charge on any atom is -0.308 e. The number of hydrogen-bond acceptors (Lipinski definition) is 3. The molecular weight excluding hydrogens is 276 g/mol. The first-order chi connectivity index (χ1) is 9.92. The maximum absolute atomic E-state index is 3.87. The van der Waals surface area contributed by atoms with Gasteiger partial charge < -0.3 is 5.32 Å². The summed E-state index contributed by atoms with van der Waals surface area (Å²) >= 11 is 1.96. The van der Waals surface area contributed by atoms with Crippen LogP contribution in [0.3, 0.4) is 0 Å². The lowest BCUT2D eigenvalue weighted by molar-refractivity contribution is 0.0224. The highest BCUT2D eigenvalue weighted by Gasteiger charge is 2.40. The molecule has 0 radical (unpaired) electrons. The van der Waals surface area contributed by atoms with Gasteiger partial charge in [0.2, 0.25) is 0 Å². The van der Waals surface area contributed by atoms with Crippen LogP contribution in [0.1, 0.15) is 63.3 Å². The second kappa shape index (κ2) is 6.80. The van der Waals surface area contributed by atoms with Crippen LogP contribution < -0.4 is 5.32 Å². The molecule has 2 nitrogen and oxygen atoms in total. The zero-order valence-electron chi connectivity index (χ0n) is 14.6. The number of hydrogen-bond donors (Lipinski definition) is 1. The molecule has 1 aliphatic heterocycles. The van der Waals surface area contributed by atoms with E-state index in [0.717, 1.165) is 6.54 Å². The van der Waals surface area contributed by atoms with Gasteiger partial charge in [0.05, 0.1) is 0 Å². The molecule has 0 bridgehead atoms. The van der Waals surface area contributed by atoms with Crippen molar-refractivity contribution in [3.05, 3.63) is 21.9 Å². The molecule has 1 aromatic rings. The summed E-state index contributed by atoms with van der Waals surface area (Å²) in [4.78, 5) is 5.70. The van der Waals surface area contributed by atoms with Gasteiger partial charge in [-0.2, -0.15) is 0 Å². The van der Waals surface area contributed by atoms with Gasteiger partial charge in [0.25, 0.3) is 0 Å². The summed E-state index contributed by atoms with van der Waals surface area (Å²) in [5.74, 6) is 0.688. The highest BCUT2D eigenvalue weighted by Crippen LogP contribution is 2.35. The van der Waals surface area contributed by atoms with Gasteiger partial charge in [0.15, 0.2) is 0 Å². The average molecular weight is 309 g/mol. The molecule has 120 valence electrons. The summed E-state index contributed by atoms with van der Waals surface area (Å²) in [7, 11) is 0. The van der Waals surface area contributed by atoms with Crippen molar-refractivity contribution in [1.29, 1.82) is 0 Å². The maximum Gasteiger partial charge on any atom is 0.0417 e. The highest BCUT2D eigenvalue weighted by atomic mass is 32.1. The van der Waals surface area contributed by atoms with Crippen molar-refractivity contribution in [2.24, 2.45) is 5.92 Å². The largest absolute Gasteiger partial charge is 0.308 e. The van der Waals surface area contributed by atoms with Gasteiger partial charge in [0, 0.05) is 40.5 Å². The first-order valence-corrected chi connectivity index (χ1v) is 9.31. The number of nitrogens with one attached hydrogen (secondary N) is 1. The van der Waals surface area contributed by atoms with Gasteiger partial charge >= 0.3 is 0 Å². The second-order valence-corrected chi connectivity index (χ2v) is 8.30. The molecule has 21 heavy (non-hydrogen) atoms. The summed E-state index contributed by atoms with van der Waals surface area (Å²) in [6.45, 7) is 16.2. The number of thiophene rings is 1. The topological polar surface area (TPSA) is 15.3 Å². The Morgan fingerprint density at radius 2 is 1.95 bits per heavy atom. The smallest absolute Gasteiger partial charge is 0.0417 e. The lowest BCUT2D eigenvalue weighted by Gasteiger charge is -2.51. The Morgan fingerprint density at radius 3 is 2.43 bits per heavy atom.